The average Bonchev–Trinajstić information content (AvgIpc) is 3.05. The number of fused-ring (bicyclic) bond motifs is 1. The Morgan fingerprint density at radius 2 is 1.36 bits per heavy atom. The molecular formula is C23H21NS. The number of anilines is 1. The van der Waals surface area contributed by atoms with Crippen molar-refractivity contribution in [2.24, 2.45) is 0 Å². The molecule has 124 valence electrons. The molecule has 0 N–H and O–H groups in total. The van der Waals surface area contributed by atoms with Crippen molar-refractivity contribution in [3.63, 3.8) is 0 Å². The van der Waals surface area contributed by atoms with Gasteiger partial charge in [-0.05, 0) is 35.6 Å². The van der Waals surface area contributed by atoms with E-state index in [1.165, 1.54) is 28.1 Å². The fourth-order valence-electron chi connectivity index (χ4n) is 3.66. The van der Waals surface area contributed by atoms with E-state index in [2.05, 4.69) is 109 Å². The quantitative estimate of drug-likeness (QED) is 0.590. The number of hydrogen-bond donors (Lipinski definition) is 0. The summed E-state index contributed by atoms with van der Waals surface area (Å²) >= 11 is 1.89. The second-order valence-corrected chi connectivity index (χ2v) is 7.33. The summed E-state index contributed by atoms with van der Waals surface area (Å²) in [6.45, 7) is 0. The molecule has 2 heteroatoms. The lowest BCUT2D eigenvalue weighted by Crippen LogP contribution is -2.18. The largest absolute Gasteiger partial charge is 0.344 e. The number of benzene rings is 3. The van der Waals surface area contributed by atoms with E-state index in [-0.39, 0.29) is 4.75 Å². The Bertz CT molecular complexity index is 902. The standard InChI is InChI=1S/C23H21NS/c1-24(19-13-7-4-8-14-19)22-17-23(25-2,18-11-5-3-6-12-18)21-16-10-9-15-20(21)22/h3-17H,1-2H3. The first-order valence-electron chi connectivity index (χ1n) is 8.48. The molecule has 0 aliphatic heterocycles. The molecular weight excluding hydrogens is 322 g/mol. The molecule has 1 aliphatic rings. The van der Waals surface area contributed by atoms with Crippen molar-refractivity contribution >= 4 is 23.1 Å². The number of hydrogen-bond acceptors (Lipinski definition) is 2. The van der Waals surface area contributed by atoms with Crippen LogP contribution in [0, 0.1) is 0 Å². The molecule has 1 nitrogen and oxygen atoms in total. The van der Waals surface area contributed by atoms with E-state index < -0.39 is 0 Å². The van der Waals surface area contributed by atoms with Crippen LogP contribution in [0.4, 0.5) is 5.69 Å². The molecule has 0 saturated heterocycles. The van der Waals surface area contributed by atoms with Gasteiger partial charge in [-0.1, -0.05) is 72.8 Å². The molecule has 3 aromatic rings. The topological polar surface area (TPSA) is 3.24 Å². The summed E-state index contributed by atoms with van der Waals surface area (Å²) in [6.07, 6.45) is 4.62. The third-order valence-electron chi connectivity index (χ3n) is 4.97. The maximum atomic E-state index is 2.42. The fraction of sp³-hybridized carbons (Fsp3) is 0.130. The average molecular weight is 343 g/mol. The van der Waals surface area contributed by atoms with E-state index in [0.29, 0.717) is 0 Å². The van der Waals surface area contributed by atoms with Gasteiger partial charge in [0.05, 0.1) is 4.75 Å². The lowest BCUT2D eigenvalue weighted by Gasteiger charge is -2.27. The van der Waals surface area contributed by atoms with Gasteiger partial charge in [0.25, 0.3) is 0 Å². The van der Waals surface area contributed by atoms with Crippen LogP contribution in [-0.2, 0) is 4.75 Å². The number of rotatable bonds is 4. The lowest BCUT2D eigenvalue weighted by atomic mass is 9.92. The van der Waals surface area contributed by atoms with E-state index in [0.717, 1.165) is 0 Å². The summed E-state index contributed by atoms with van der Waals surface area (Å²) in [7, 11) is 2.15. The van der Waals surface area contributed by atoms with Crippen LogP contribution in [0.1, 0.15) is 16.7 Å². The zero-order valence-electron chi connectivity index (χ0n) is 14.5. The first-order valence-corrected chi connectivity index (χ1v) is 9.71. The van der Waals surface area contributed by atoms with Crippen molar-refractivity contribution in [3.8, 4) is 0 Å². The Labute approximate surface area is 154 Å². The van der Waals surface area contributed by atoms with E-state index in [9.17, 15) is 0 Å². The Morgan fingerprint density at radius 3 is 2.04 bits per heavy atom. The van der Waals surface area contributed by atoms with Gasteiger partial charge in [0.1, 0.15) is 0 Å². The van der Waals surface area contributed by atoms with Crippen LogP contribution in [0.25, 0.3) is 5.70 Å². The zero-order valence-corrected chi connectivity index (χ0v) is 15.3. The Kier molecular flexibility index (Phi) is 4.14. The molecule has 1 aliphatic carbocycles. The van der Waals surface area contributed by atoms with Crippen LogP contribution in [0.2, 0.25) is 0 Å². The first kappa shape index (κ1) is 16.0. The predicted octanol–water partition coefficient (Wildman–Crippen LogP) is 5.78. The van der Waals surface area contributed by atoms with Gasteiger partial charge in [-0.2, -0.15) is 0 Å². The SMILES string of the molecule is CSC1(c2ccccc2)C=C(N(C)c2ccccc2)c2ccccc21. The van der Waals surface area contributed by atoms with Crippen molar-refractivity contribution < 1.29 is 0 Å². The molecule has 1 unspecified atom stereocenters. The molecule has 0 amide bonds. The Balaban J connectivity index is 1.91. The smallest absolute Gasteiger partial charge is 0.0864 e. The van der Waals surface area contributed by atoms with Gasteiger partial charge in [-0.25, -0.2) is 0 Å². The van der Waals surface area contributed by atoms with Crippen molar-refractivity contribution in [1.29, 1.82) is 0 Å². The molecule has 0 bridgehead atoms. The van der Waals surface area contributed by atoms with Gasteiger partial charge in [0, 0.05) is 24.0 Å². The van der Waals surface area contributed by atoms with Crippen LogP contribution in [0.5, 0.6) is 0 Å². The molecule has 0 aromatic heterocycles. The normalized spacial score (nSPS) is 18.6. The predicted molar refractivity (Wildman–Crippen MR) is 110 cm³/mol. The highest BCUT2D eigenvalue weighted by Gasteiger charge is 2.40. The van der Waals surface area contributed by atoms with Crippen LogP contribution in [0.3, 0.4) is 0 Å². The highest BCUT2D eigenvalue weighted by atomic mass is 32.2. The fourth-order valence-corrected chi connectivity index (χ4v) is 4.66. The summed E-state index contributed by atoms with van der Waals surface area (Å²) in [6, 6.07) is 30.1. The van der Waals surface area contributed by atoms with Crippen molar-refractivity contribution in [2.45, 2.75) is 4.75 Å². The Hall–Kier alpha value is -2.45. The minimum Gasteiger partial charge on any atom is -0.344 e. The van der Waals surface area contributed by atoms with E-state index >= 15 is 0 Å². The summed E-state index contributed by atoms with van der Waals surface area (Å²) < 4.78 is -0.143. The molecule has 1 atom stereocenters. The van der Waals surface area contributed by atoms with Gasteiger partial charge < -0.3 is 4.90 Å². The van der Waals surface area contributed by atoms with Gasteiger partial charge in [0.2, 0.25) is 0 Å². The third-order valence-corrected chi connectivity index (χ3v) is 6.19. The van der Waals surface area contributed by atoms with Crippen LogP contribution in [0.15, 0.2) is 91.0 Å². The molecule has 0 saturated carbocycles. The summed E-state index contributed by atoms with van der Waals surface area (Å²) in [5.41, 5.74) is 6.47. The summed E-state index contributed by atoms with van der Waals surface area (Å²) in [4.78, 5) is 2.29. The van der Waals surface area contributed by atoms with Crippen LogP contribution < -0.4 is 4.90 Å². The van der Waals surface area contributed by atoms with E-state index in [4.69, 9.17) is 0 Å². The summed E-state index contributed by atoms with van der Waals surface area (Å²) in [5.74, 6) is 0. The lowest BCUT2D eigenvalue weighted by molar-refractivity contribution is 0.963. The highest BCUT2D eigenvalue weighted by Crippen LogP contribution is 2.52. The molecule has 25 heavy (non-hydrogen) atoms. The van der Waals surface area contributed by atoms with E-state index in [1.807, 2.05) is 11.8 Å². The van der Waals surface area contributed by atoms with Crippen LogP contribution in [-0.4, -0.2) is 13.3 Å². The second kappa shape index (κ2) is 6.45. The van der Waals surface area contributed by atoms with E-state index in [1.54, 1.807) is 0 Å². The second-order valence-electron chi connectivity index (χ2n) is 6.28. The number of nitrogens with zero attached hydrogens (tertiary/aromatic N) is 1. The van der Waals surface area contributed by atoms with Crippen molar-refractivity contribution in [2.75, 3.05) is 18.2 Å². The maximum absolute atomic E-state index is 2.42. The molecule has 0 heterocycles. The van der Waals surface area contributed by atoms with Crippen LogP contribution >= 0.6 is 11.8 Å². The minimum absolute atomic E-state index is 0.143. The highest BCUT2D eigenvalue weighted by molar-refractivity contribution is 7.99. The van der Waals surface area contributed by atoms with Gasteiger partial charge in [0.15, 0.2) is 0 Å². The number of para-hydroxylation sites is 1. The molecule has 0 fully saturated rings. The molecule has 3 aromatic carbocycles. The van der Waals surface area contributed by atoms with Gasteiger partial charge in [-0.3, -0.25) is 0 Å². The first-order chi connectivity index (χ1) is 12.3. The number of thioether (sulfide) groups is 1. The molecule has 0 radical (unpaired) electrons. The minimum atomic E-state index is -0.143. The zero-order chi connectivity index (χ0) is 17.3. The third kappa shape index (κ3) is 2.58. The van der Waals surface area contributed by atoms with Crippen molar-refractivity contribution in [3.05, 3.63) is 108 Å². The van der Waals surface area contributed by atoms with Gasteiger partial charge in [-0.15, -0.1) is 11.8 Å². The van der Waals surface area contributed by atoms with Crippen molar-refractivity contribution in [1.82, 2.24) is 0 Å². The molecule has 0 spiro atoms. The summed E-state index contributed by atoms with van der Waals surface area (Å²) in [5, 5.41) is 0. The molecule has 4 rings (SSSR count). The maximum Gasteiger partial charge on any atom is 0.0864 e. The monoisotopic (exact) mass is 343 g/mol. The Morgan fingerprint density at radius 1 is 0.760 bits per heavy atom. The van der Waals surface area contributed by atoms with Gasteiger partial charge >= 0.3 is 0 Å².